The van der Waals surface area contributed by atoms with E-state index in [1.54, 1.807) is 0 Å². The zero-order chi connectivity index (χ0) is 8.89. The number of benzene rings is 1. The summed E-state index contributed by atoms with van der Waals surface area (Å²) in [7, 11) is 0. The van der Waals surface area contributed by atoms with E-state index >= 15 is 0 Å². The van der Waals surface area contributed by atoms with E-state index in [2.05, 4.69) is 35.3 Å². The number of rotatable bonds is 1. The van der Waals surface area contributed by atoms with E-state index in [1.807, 2.05) is 6.20 Å². The number of nitrogens with zero attached hydrogens (tertiary/aromatic N) is 1. The molecule has 66 valence electrons. The van der Waals surface area contributed by atoms with Gasteiger partial charge in [0.2, 0.25) is 0 Å². The number of fused-ring (bicyclic) bond motifs is 1. The Labute approximate surface area is 77.0 Å². The van der Waals surface area contributed by atoms with Crippen LogP contribution in [0.2, 0.25) is 0 Å². The van der Waals surface area contributed by atoms with Crippen molar-refractivity contribution in [2.75, 3.05) is 0 Å². The molecular weight excluding hydrogens is 160 g/mol. The van der Waals surface area contributed by atoms with E-state index in [1.165, 1.54) is 23.8 Å². The van der Waals surface area contributed by atoms with Gasteiger partial charge in [0, 0.05) is 5.39 Å². The van der Waals surface area contributed by atoms with Crippen LogP contribution in [0, 0.1) is 0 Å². The van der Waals surface area contributed by atoms with Gasteiger partial charge in [-0.15, -0.1) is 0 Å². The fourth-order valence-electron chi connectivity index (χ4n) is 1.79. The van der Waals surface area contributed by atoms with Gasteiger partial charge in [-0.05, 0) is 36.0 Å². The van der Waals surface area contributed by atoms with Crippen LogP contribution in [0.3, 0.4) is 0 Å². The minimum absolute atomic E-state index is 0.464. The summed E-state index contributed by atoms with van der Waals surface area (Å²) in [6.45, 7) is 2.33. The van der Waals surface area contributed by atoms with Crippen LogP contribution < -0.4 is 0 Å². The molecule has 0 unspecified atom stereocenters. The smallest absolute Gasteiger partial charge is 0.0650 e. The number of aromatic nitrogens is 2. The summed E-state index contributed by atoms with van der Waals surface area (Å²) in [6.07, 6.45) is 4.55. The summed E-state index contributed by atoms with van der Waals surface area (Å²) in [5, 5.41) is 8.22. The molecule has 1 aromatic heterocycles. The van der Waals surface area contributed by atoms with Crippen molar-refractivity contribution in [1.29, 1.82) is 0 Å². The van der Waals surface area contributed by atoms with Crippen LogP contribution in [0.4, 0.5) is 0 Å². The summed E-state index contributed by atoms with van der Waals surface area (Å²) in [5.41, 5.74) is 3.06. The van der Waals surface area contributed by atoms with Gasteiger partial charge >= 0.3 is 0 Å². The summed E-state index contributed by atoms with van der Waals surface area (Å²) >= 11 is 0. The van der Waals surface area contributed by atoms with E-state index in [0.717, 1.165) is 5.52 Å². The van der Waals surface area contributed by atoms with Gasteiger partial charge in [-0.3, -0.25) is 5.10 Å². The largest absolute Gasteiger partial charge is 0.278 e. The Morgan fingerprint density at radius 3 is 3.00 bits per heavy atom. The van der Waals surface area contributed by atoms with Crippen LogP contribution in [0.5, 0.6) is 0 Å². The maximum atomic E-state index is 4.02. The molecule has 0 spiro atoms. The quantitative estimate of drug-likeness (QED) is 0.703. The summed E-state index contributed by atoms with van der Waals surface area (Å²) < 4.78 is 0. The Balaban J connectivity index is 2.20. The van der Waals surface area contributed by atoms with Gasteiger partial charge in [-0.2, -0.15) is 5.10 Å². The first-order valence-corrected chi connectivity index (χ1v) is 4.72. The standard InChI is InChI=1S/C11H12N2/c1-11(4-5-11)9-2-3-10-8(6-9)7-12-13-10/h2-3,6-7H,4-5H2,1H3,(H,12,13). The van der Waals surface area contributed by atoms with Crippen molar-refractivity contribution < 1.29 is 0 Å². The minimum atomic E-state index is 0.464. The van der Waals surface area contributed by atoms with Gasteiger partial charge in [-0.1, -0.05) is 13.0 Å². The van der Waals surface area contributed by atoms with Crippen LogP contribution >= 0.6 is 0 Å². The van der Waals surface area contributed by atoms with Crippen molar-refractivity contribution in [1.82, 2.24) is 10.2 Å². The fourth-order valence-corrected chi connectivity index (χ4v) is 1.79. The van der Waals surface area contributed by atoms with Gasteiger partial charge in [-0.25, -0.2) is 0 Å². The molecule has 1 aliphatic carbocycles. The third-order valence-corrected chi connectivity index (χ3v) is 3.14. The van der Waals surface area contributed by atoms with E-state index in [-0.39, 0.29) is 0 Å². The molecule has 3 rings (SSSR count). The van der Waals surface area contributed by atoms with Gasteiger partial charge in [0.05, 0.1) is 11.7 Å². The topological polar surface area (TPSA) is 28.7 Å². The molecule has 0 amide bonds. The second-order valence-corrected chi connectivity index (χ2v) is 4.23. The molecule has 1 fully saturated rings. The van der Waals surface area contributed by atoms with Gasteiger partial charge < -0.3 is 0 Å². The van der Waals surface area contributed by atoms with Crippen molar-refractivity contribution in [3.05, 3.63) is 30.0 Å². The molecule has 0 atom stereocenters. The Morgan fingerprint density at radius 1 is 1.38 bits per heavy atom. The maximum absolute atomic E-state index is 4.02. The van der Waals surface area contributed by atoms with Crippen LogP contribution in [-0.4, -0.2) is 10.2 Å². The first-order valence-electron chi connectivity index (χ1n) is 4.72. The third kappa shape index (κ3) is 0.981. The molecule has 1 aromatic carbocycles. The van der Waals surface area contributed by atoms with Gasteiger partial charge in [0.15, 0.2) is 0 Å². The predicted octanol–water partition coefficient (Wildman–Crippen LogP) is 2.61. The number of H-pyrrole nitrogens is 1. The van der Waals surface area contributed by atoms with E-state index in [0.29, 0.717) is 5.41 Å². The van der Waals surface area contributed by atoms with Crippen LogP contribution in [0.15, 0.2) is 24.4 Å². The summed E-state index contributed by atoms with van der Waals surface area (Å²) in [4.78, 5) is 0. The highest BCUT2D eigenvalue weighted by molar-refractivity contribution is 5.78. The normalized spacial score (nSPS) is 19.2. The lowest BCUT2D eigenvalue weighted by Gasteiger charge is -2.07. The molecule has 1 saturated carbocycles. The molecule has 0 bridgehead atoms. The second kappa shape index (κ2) is 2.13. The van der Waals surface area contributed by atoms with E-state index in [4.69, 9.17) is 0 Å². The highest BCUT2D eigenvalue weighted by Gasteiger charge is 2.38. The molecular formula is C11H12N2. The maximum Gasteiger partial charge on any atom is 0.0650 e. The van der Waals surface area contributed by atoms with Crippen molar-refractivity contribution in [2.24, 2.45) is 0 Å². The Morgan fingerprint density at radius 2 is 2.23 bits per heavy atom. The molecule has 1 N–H and O–H groups in total. The highest BCUT2D eigenvalue weighted by atomic mass is 15.1. The SMILES string of the molecule is CC1(c2ccc3[nH]ncc3c2)CC1. The van der Waals surface area contributed by atoms with Crippen molar-refractivity contribution in [2.45, 2.75) is 25.2 Å². The molecule has 0 saturated heterocycles. The average Bonchev–Trinajstić information content (AvgIpc) is 2.74. The van der Waals surface area contributed by atoms with Crippen LogP contribution in [0.25, 0.3) is 10.9 Å². The molecule has 0 aliphatic heterocycles. The predicted molar refractivity (Wildman–Crippen MR) is 52.7 cm³/mol. The summed E-state index contributed by atoms with van der Waals surface area (Å²) in [6, 6.07) is 6.60. The first-order chi connectivity index (χ1) is 6.28. The molecule has 1 aliphatic rings. The minimum Gasteiger partial charge on any atom is -0.278 e. The van der Waals surface area contributed by atoms with Crippen molar-refractivity contribution in [3.8, 4) is 0 Å². The Bertz CT molecular complexity index is 452. The van der Waals surface area contributed by atoms with Crippen molar-refractivity contribution >= 4 is 10.9 Å². The van der Waals surface area contributed by atoms with E-state index < -0.39 is 0 Å². The first kappa shape index (κ1) is 7.13. The Kier molecular flexibility index (Phi) is 1.17. The molecule has 13 heavy (non-hydrogen) atoms. The van der Waals surface area contributed by atoms with E-state index in [9.17, 15) is 0 Å². The van der Waals surface area contributed by atoms with Crippen molar-refractivity contribution in [3.63, 3.8) is 0 Å². The van der Waals surface area contributed by atoms with Gasteiger partial charge in [0.1, 0.15) is 0 Å². The second-order valence-electron chi connectivity index (χ2n) is 4.23. The summed E-state index contributed by atoms with van der Waals surface area (Å²) in [5.74, 6) is 0. The van der Waals surface area contributed by atoms with Crippen LogP contribution in [-0.2, 0) is 5.41 Å². The molecule has 1 heterocycles. The lowest BCUT2D eigenvalue weighted by molar-refractivity contribution is 0.789. The molecule has 2 nitrogen and oxygen atoms in total. The third-order valence-electron chi connectivity index (χ3n) is 3.14. The number of aromatic amines is 1. The number of hydrogen-bond donors (Lipinski definition) is 1. The Hall–Kier alpha value is -1.31. The lowest BCUT2D eigenvalue weighted by atomic mass is 9.97. The number of nitrogens with one attached hydrogen (secondary N) is 1. The van der Waals surface area contributed by atoms with Crippen LogP contribution in [0.1, 0.15) is 25.3 Å². The average molecular weight is 172 g/mol. The monoisotopic (exact) mass is 172 g/mol. The highest BCUT2D eigenvalue weighted by Crippen LogP contribution is 2.47. The molecule has 0 radical (unpaired) electrons. The molecule has 2 heteroatoms. The lowest BCUT2D eigenvalue weighted by Crippen LogP contribution is -1.98. The molecule has 2 aromatic rings. The van der Waals surface area contributed by atoms with Gasteiger partial charge in [0.25, 0.3) is 0 Å². The number of hydrogen-bond acceptors (Lipinski definition) is 1. The zero-order valence-corrected chi connectivity index (χ0v) is 7.67. The fraction of sp³-hybridized carbons (Fsp3) is 0.364. The zero-order valence-electron chi connectivity index (χ0n) is 7.67.